The molecule has 3 rings (SSSR count). The van der Waals surface area contributed by atoms with Crippen molar-refractivity contribution < 1.29 is 23.1 Å². The smallest absolute Gasteiger partial charge is 0.411 e. The van der Waals surface area contributed by atoms with Crippen molar-refractivity contribution in [1.82, 2.24) is 14.6 Å². The second kappa shape index (κ2) is 6.77. The Bertz CT molecular complexity index is 755. The van der Waals surface area contributed by atoms with Crippen molar-refractivity contribution in [3.8, 4) is 0 Å². The number of hydrogen-bond acceptors (Lipinski definition) is 4. The monoisotopic (exact) mass is 357 g/mol. The summed E-state index contributed by atoms with van der Waals surface area (Å²) in [5.41, 5.74) is 0.277. The third kappa shape index (κ3) is 4.12. The summed E-state index contributed by atoms with van der Waals surface area (Å²) in [7, 11) is 0. The molecule has 7 nitrogen and oxygen atoms in total. The molecule has 1 aliphatic carbocycles. The molecule has 1 aliphatic rings. The molecule has 1 fully saturated rings. The topological polar surface area (TPSA) is 82.8 Å². The van der Waals surface area contributed by atoms with E-state index in [0.717, 1.165) is 25.7 Å². The molecule has 0 spiro atoms. The number of hydrogen-bond donors (Lipinski definition) is 2. The van der Waals surface area contributed by atoms with E-state index in [1.165, 1.54) is 23.0 Å². The highest BCUT2D eigenvalue weighted by atomic mass is 19.4. The number of rotatable bonds is 5. The summed E-state index contributed by atoms with van der Waals surface area (Å²) >= 11 is 0. The van der Waals surface area contributed by atoms with E-state index in [2.05, 4.69) is 15.4 Å². The van der Waals surface area contributed by atoms with Gasteiger partial charge in [0.15, 0.2) is 5.65 Å². The number of carbonyl (C=O) groups is 1. The third-order valence-electron chi connectivity index (χ3n) is 4.19. The SMILES string of the molecule is O=C(O)N(CCC(F)(F)F)c1cc(NC2CCCC2)nn2ccnc12. The van der Waals surface area contributed by atoms with Crippen molar-refractivity contribution in [2.24, 2.45) is 0 Å². The molecule has 25 heavy (non-hydrogen) atoms. The van der Waals surface area contributed by atoms with Crippen LogP contribution < -0.4 is 10.2 Å². The highest BCUT2D eigenvalue weighted by molar-refractivity contribution is 5.91. The molecule has 2 aromatic rings. The van der Waals surface area contributed by atoms with Crippen LogP contribution in [0.2, 0.25) is 0 Å². The molecular weight excluding hydrogens is 339 g/mol. The Labute approximate surface area is 141 Å². The number of anilines is 2. The minimum atomic E-state index is -4.45. The number of alkyl halides is 3. The number of fused-ring (bicyclic) bond motifs is 1. The molecule has 1 amide bonds. The fraction of sp³-hybridized carbons (Fsp3) is 0.533. The molecule has 0 aliphatic heterocycles. The minimum Gasteiger partial charge on any atom is -0.465 e. The van der Waals surface area contributed by atoms with Crippen molar-refractivity contribution in [2.45, 2.75) is 44.3 Å². The summed E-state index contributed by atoms with van der Waals surface area (Å²) in [5.74, 6) is 0.422. The van der Waals surface area contributed by atoms with E-state index in [0.29, 0.717) is 10.7 Å². The number of amides is 1. The average molecular weight is 357 g/mol. The first-order valence-electron chi connectivity index (χ1n) is 8.01. The van der Waals surface area contributed by atoms with Gasteiger partial charge in [0.2, 0.25) is 0 Å². The lowest BCUT2D eigenvalue weighted by molar-refractivity contribution is -0.132. The average Bonchev–Trinajstić information content (AvgIpc) is 3.16. The van der Waals surface area contributed by atoms with Gasteiger partial charge in [-0.25, -0.2) is 14.3 Å². The maximum absolute atomic E-state index is 12.5. The summed E-state index contributed by atoms with van der Waals surface area (Å²) in [6, 6.07) is 1.68. The predicted octanol–water partition coefficient (Wildman–Crippen LogP) is 3.52. The van der Waals surface area contributed by atoms with Gasteiger partial charge in [-0.2, -0.15) is 13.2 Å². The minimum absolute atomic E-state index is 0.0808. The van der Waals surface area contributed by atoms with Crippen LogP contribution in [0.1, 0.15) is 32.1 Å². The maximum Gasteiger partial charge on any atom is 0.411 e. The molecule has 2 heterocycles. The van der Waals surface area contributed by atoms with Gasteiger partial charge in [0.25, 0.3) is 0 Å². The fourth-order valence-electron chi connectivity index (χ4n) is 3.01. The molecule has 0 aromatic carbocycles. The number of carboxylic acid groups (broad SMARTS) is 1. The standard InChI is InChI=1S/C15H18F3N5O2/c16-15(17,18)5-7-22(14(24)25)11-9-12(20-10-3-1-2-4-10)21-23-8-6-19-13(11)23/h6,8-10H,1-5,7H2,(H,20,21)(H,24,25). The van der Waals surface area contributed by atoms with E-state index >= 15 is 0 Å². The van der Waals surface area contributed by atoms with Crippen molar-refractivity contribution in [1.29, 1.82) is 0 Å². The Hall–Kier alpha value is -2.52. The molecule has 0 atom stereocenters. The van der Waals surface area contributed by atoms with Gasteiger partial charge < -0.3 is 10.4 Å². The van der Waals surface area contributed by atoms with E-state index in [1.807, 2.05) is 0 Å². The Morgan fingerprint density at radius 2 is 2.12 bits per heavy atom. The Balaban J connectivity index is 1.93. The number of aromatic nitrogens is 3. The largest absolute Gasteiger partial charge is 0.465 e. The Morgan fingerprint density at radius 3 is 2.76 bits per heavy atom. The van der Waals surface area contributed by atoms with Crippen LogP contribution >= 0.6 is 0 Å². The molecule has 136 valence electrons. The van der Waals surface area contributed by atoms with Crippen LogP contribution in [-0.2, 0) is 0 Å². The second-order valence-electron chi connectivity index (χ2n) is 6.04. The van der Waals surface area contributed by atoms with Gasteiger partial charge in [0.05, 0.1) is 12.1 Å². The normalized spacial score (nSPS) is 15.6. The van der Waals surface area contributed by atoms with Gasteiger partial charge in [-0.15, -0.1) is 5.10 Å². The number of halogens is 3. The first-order chi connectivity index (χ1) is 11.8. The zero-order chi connectivity index (χ0) is 18.0. The highest BCUT2D eigenvalue weighted by Gasteiger charge is 2.30. The Morgan fingerprint density at radius 1 is 1.40 bits per heavy atom. The summed E-state index contributed by atoms with van der Waals surface area (Å²) < 4.78 is 39.0. The zero-order valence-electron chi connectivity index (χ0n) is 13.3. The van der Waals surface area contributed by atoms with E-state index in [4.69, 9.17) is 0 Å². The molecule has 1 saturated carbocycles. The number of nitrogens with zero attached hydrogens (tertiary/aromatic N) is 4. The molecule has 0 radical (unpaired) electrons. The molecule has 2 aromatic heterocycles. The summed E-state index contributed by atoms with van der Waals surface area (Å²) in [6.45, 7) is -0.700. The Kier molecular flexibility index (Phi) is 4.69. The summed E-state index contributed by atoms with van der Waals surface area (Å²) in [4.78, 5) is 16.2. The van der Waals surface area contributed by atoms with Gasteiger partial charge >= 0.3 is 12.3 Å². The lowest BCUT2D eigenvalue weighted by Gasteiger charge is -2.22. The van der Waals surface area contributed by atoms with Crippen LogP contribution in [0.5, 0.6) is 0 Å². The lowest BCUT2D eigenvalue weighted by Crippen LogP contribution is -2.33. The van der Waals surface area contributed by atoms with Crippen LogP contribution in [0.15, 0.2) is 18.5 Å². The first-order valence-corrected chi connectivity index (χ1v) is 8.01. The number of nitrogens with one attached hydrogen (secondary N) is 1. The van der Waals surface area contributed by atoms with Crippen LogP contribution in [0, 0.1) is 0 Å². The molecular formula is C15H18F3N5O2. The van der Waals surface area contributed by atoms with Crippen LogP contribution in [0.25, 0.3) is 5.65 Å². The molecule has 0 saturated heterocycles. The van der Waals surface area contributed by atoms with Gasteiger partial charge in [0.1, 0.15) is 5.82 Å². The molecule has 2 N–H and O–H groups in total. The molecule has 10 heteroatoms. The third-order valence-corrected chi connectivity index (χ3v) is 4.19. The molecule has 0 unspecified atom stereocenters. The second-order valence-corrected chi connectivity index (χ2v) is 6.04. The van der Waals surface area contributed by atoms with Gasteiger partial charge in [-0.3, -0.25) is 4.90 Å². The van der Waals surface area contributed by atoms with E-state index in [9.17, 15) is 23.1 Å². The van der Waals surface area contributed by atoms with Gasteiger partial charge in [0, 0.05) is 31.0 Å². The van der Waals surface area contributed by atoms with Crippen molar-refractivity contribution >= 4 is 23.2 Å². The van der Waals surface area contributed by atoms with E-state index in [1.54, 1.807) is 0 Å². The summed E-state index contributed by atoms with van der Waals surface area (Å²) in [5, 5.41) is 16.9. The van der Waals surface area contributed by atoms with Crippen LogP contribution in [0.3, 0.4) is 0 Å². The summed E-state index contributed by atoms with van der Waals surface area (Å²) in [6.07, 6.45) is -0.0257. The van der Waals surface area contributed by atoms with Crippen LogP contribution in [-0.4, -0.2) is 44.6 Å². The van der Waals surface area contributed by atoms with Gasteiger partial charge in [-0.05, 0) is 12.8 Å². The van der Waals surface area contributed by atoms with Crippen molar-refractivity contribution in [3.63, 3.8) is 0 Å². The van der Waals surface area contributed by atoms with E-state index in [-0.39, 0.29) is 17.4 Å². The van der Waals surface area contributed by atoms with Crippen molar-refractivity contribution in [2.75, 3.05) is 16.8 Å². The fourth-order valence-corrected chi connectivity index (χ4v) is 3.01. The van der Waals surface area contributed by atoms with E-state index < -0.39 is 25.2 Å². The first kappa shape index (κ1) is 17.3. The van der Waals surface area contributed by atoms with Crippen LogP contribution in [0.4, 0.5) is 29.5 Å². The van der Waals surface area contributed by atoms with Gasteiger partial charge in [-0.1, -0.05) is 12.8 Å². The molecule has 0 bridgehead atoms. The zero-order valence-corrected chi connectivity index (χ0v) is 13.3. The predicted molar refractivity (Wildman–Crippen MR) is 84.9 cm³/mol. The van der Waals surface area contributed by atoms with Crippen molar-refractivity contribution in [3.05, 3.63) is 18.5 Å². The number of imidazole rings is 1. The maximum atomic E-state index is 12.5. The highest BCUT2D eigenvalue weighted by Crippen LogP contribution is 2.28. The lowest BCUT2D eigenvalue weighted by atomic mass is 10.2. The quantitative estimate of drug-likeness (QED) is 0.855.